The van der Waals surface area contributed by atoms with Gasteiger partial charge in [0, 0.05) is 20.1 Å². The molecule has 4 unspecified atom stereocenters. The average molecular weight is 432 g/mol. The number of imide groups is 1. The number of nitrogens with one attached hydrogen (secondary N) is 3. The Morgan fingerprint density at radius 1 is 1.13 bits per heavy atom. The van der Waals surface area contributed by atoms with Crippen LogP contribution in [0.25, 0.3) is 0 Å². The van der Waals surface area contributed by atoms with Gasteiger partial charge in [-0.3, -0.25) is 25.1 Å². The smallest absolute Gasteiger partial charge is 0.327 e. The summed E-state index contributed by atoms with van der Waals surface area (Å²) in [6.45, 7) is 0. The lowest BCUT2D eigenvalue weighted by molar-refractivity contribution is -0.140. The number of fused-ring (bicyclic) bond motifs is 1. The Hall–Kier alpha value is -2.10. The highest BCUT2D eigenvalue weighted by Gasteiger charge is 2.51. The monoisotopic (exact) mass is 431 g/mol. The third-order valence-corrected chi connectivity index (χ3v) is 7.42. The molecule has 2 saturated heterocycles. The van der Waals surface area contributed by atoms with Crippen LogP contribution in [0, 0.1) is 5.92 Å². The maximum atomic E-state index is 13.0. The molecule has 1 aromatic rings. The number of hydrogen-bond acceptors (Lipinski definition) is 6. The highest BCUT2D eigenvalue weighted by atomic mass is 32.2. The Kier molecular flexibility index (Phi) is 6.31. The minimum absolute atomic E-state index is 0.00101. The first-order chi connectivity index (χ1) is 14.5. The normalized spacial score (nSPS) is 29.8. The van der Waals surface area contributed by atoms with E-state index in [2.05, 4.69) is 16.0 Å². The zero-order valence-corrected chi connectivity index (χ0v) is 18.2. The lowest BCUT2D eigenvalue weighted by Crippen LogP contribution is -2.72. The molecule has 4 amide bonds. The molecule has 162 valence electrons. The van der Waals surface area contributed by atoms with Gasteiger partial charge in [-0.25, -0.2) is 4.79 Å². The molecule has 1 aliphatic carbocycles. The van der Waals surface area contributed by atoms with Crippen molar-refractivity contribution in [2.24, 2.45) is 5.92 Å². The molecule has 1 saturated carbocycles. The lowest BCUT2D eigenvalue weighted by atomic mass is 9.96. The van der Waals surface area contributed by atoms with Crippen LogP contribution in [0.3, 0.4) is 0 Å². The van der Waals surface area contributed by atoms with Crippen LogP contribution in [0.15, 0.2) is 30.3 Å². The zero-order valence-electron chi connectivity index (χ0n) is 17.3. The molecule has 2 aliphatic heterocycles. The van der Waals surface area contributed by atoms with Crippen LogP contribution in [0.4, 0.5) is 4.79 Å². The average Bonchev–Trinajstić information content (AvgIpc) is 3.27. The predicted octanol–water partition coefficient (Wildman–Crippen LogP) is 1.46. The molecule has 30 heavy (non-hydrogen) atoms. The van der Waals surface area contributed by atoms with Gasteiger partial charge in [0.2, 0.25) is 11.8 Å². The predicted molar refractivity (Wildman–Crippen MR) is 115 cm³/mol. The van der Waals surface area contributed by atoms with Gasteiger partial charge in [-0.2, -0.15) is 0 Å². The van der Waals surface area contributed by atoms with E-state index in [4.69, 9.17) is 0 Å². The zero-order chi connectivity index (χ0) is 21.3. The summed E-state index contributed by atoms with van der Waals surface area (Å²) in [5, 5.41) is 9.70. The number of hydrogen-bond donors (Lipinski definition) is 3. The largest absolute Gasteiger partial charge is 0.353 e. The molecule has 9 heteroatoms. The minimum Gasteiger partial charge on any atom is -0.353 e. The lowest BCUT2D eigenvalue weighted by Gasteiger charge is -2.50. The first-order valence-corrected chi connectivity index (χ1v) is 11.5. The molecule has 0 radical (unpaired) electrons. The molecule has 4 atom stereocenters. The van der Waals surface area contributed by atoms with Gasteiger partial charge in [-0.1, -0.05) is 43.2 Å². The fourth-order valence-corrected chi connectivity index (χ4v) is 5.66. The van der Waals surface area contributed by atoms with E-state index in [1.807, 2.05) is 30.3 Å². The summed E-state index contributed by atoms with van der Waals surface area (Å²) in [5.41, 5.74) is 1.02. The summed E-state index contributed by atoms with van der Waals surface area (Å²) < 4.78 is 0. The van der Waals surface area contributed by atoms with Crippen molar-refractivity contribution in [2.75, 3.05) is 19.8 Å². The maximum absolute atomic E-state index is 13.0. The second-order valence-corrected chi connectivity index (χ2v) is 9.35. The molecule has 2 heterocycles. The molecule has 3 fully saturated rings. The van der Waals surface area contributed by atoms with Crippen LogP contribution in [0.5, 0.6) is 0 Å². The Balaban J connectivity index is 1.51. The fraction of sp³-hybridized carbons (Fsp3) is 0.571. The number of urea groups is 1. The van der Waals surface area contributed by atoms with E-state index in [0.29, 0.717) is 0 Å². The van der Waals surface area contributed by atoms with Gasteiger partial charge >= 0.3 is 6.03 Å². The number of carbonyl (C=O) groups excluding carboxylic acids is 3. The second-order valence-electron chi connectivity index (χ2n) is 8.22. The van der Waals surface area contributed by atoms with Crippen LogP contribution < -0.4 is 16.0 Å². The van der Waals surface area contributed by atoms with E-state index in [1.165, 1.54) is 23.7 Å². The summed E-state index contributed by atoms with van der Waals surface area (Å²) >= 11 is 1.43. The van der Waals surface area contributed by atoms with Gasteiger partial charge in [0.25, 0.3) is 0 Å². The molecule has 0 spiro atoms. The van der Waals surface area contributed by atoms with Crippen LogP contribution >= 0.6 is 11.8 Å². The van der Waals surface area contributed by atoms with E-state index in [0.717, 1.165) is 31.2 Å². The molecule has 8 nitrogen and oxygen atoms in total. The Bertz CT molecular complexity index is 801. The Labute approximate surface area is 181 Å². The number of amides is 4. The van der Waals surface area contributed by atoms with Crippen LogP contribution in [0.2, 0.25) is 0 Å². The summed E-state index contributed by atoms with van der Waals surface area (Å²) in [6, 6.07) is 9.80. The van der Waals surface area contributed by atoms with E-state index >= 15 is 0 Å². The molecular formula is C21H29N5O3S. The standard InChI is InChI=1S/C21H29N5O3S/c1-25-18-16(20(28)26(2)21(25)29)19(24-17(23-18)13-8-4-3-5-9-13)30-12-15(27)22-14-10-6-7-11-14/h3-5,8-9,14,16-19,23-24H,6-7,10-12H2,1-2H3,(H,22,27). The van der Waals surface area contributed by atoms with E-state index in [1.54, 1.807) is 11.9 Å². The Morgan fingerprint density at radius 3 is 2.53 bits per heavy atom. The maximum Gasteiger partial charge on any atom is 0.327 e. The third kappa shape index (κ3) is 4.19. The minimum atomic E-state index is -0.484. The highest BCUT2D eigenvalue weighted by Crippen LogP contribution is 2.34. The van der Waals surface area contributed by atoms with Gasteiger partial charge in [-0.15, -0.1) is 11.8 Å². The van der Waals surface area contributed by atoms with Crippen molar-refractivity contribution in [2.45, 2.75) is 49.4 Å². The van der Waals surface area contributed by atoms with Crippen molar-refractivity contribution in [1.82, 2.24) is 25.8 Å². The second kappa shape index (κ2) is 8.95. The van der Waals surface area contributed by atoms with Crippen LogP contribution in [-0.2, 0) is 9.59 Å². The highest BCUT2D eigenvalue weighted by molar-refractivity contribution is 8.00. The van der Waals surface area contributed by atoms with Crippen molar-refractivity contribution in [3.8, 4) is 0 Å². The molecule has 0 aromatic heterocycles. The van der Waals surface area contributed by atoms with Crippen LogP contribution in [-0.4, -0.2) is 65.1 Å². The number of rotatable bonds is 5. The molecule has 3 aliphatic rings. The molecule has 4 rings (SSSR count). The Morgan fingerprint density at radius 2 is 1.83 bits per heavy atom. The summed E-state index contributed by atoms with van der Waals surface area (Å²) in [6.07, 6.45) is 3.74. The van der Waals surface area contributed by atoms with Crippen molar-refractivity contribution in [3.63, 3.8) is 0 Å². The topological polar surface area (TPSA) is 93.8 Å². The number of thioether (sulfide) groups is 1. The molecule has 3 N–H and O–H groups in total. The van der Waals surface area contributed by atoms with Crippen LogP contribution in [0.1, 0.15) is 37.4 Å². The SMILES string of the molecule is CN1C(=O)C2C(SCC(=O)NC3CCCC3)NC(c3ccccc3)NC2N(C)C1=O. The fourth-order valence-electron chi connectivity index (χ4n) is 4.54. The first-order valence-electron chi connectivity index (χ1n) is 10.5. The summed E-state index contributed by atoms with van der Waals surface area (Å²) in [7, 11) is 3.22. The van der Waals surface area contributed by atoms with Crippen molar-refractivity contribution in [1.29, 1.82) is 0 Å². The first kappa shape index (κ1) is 21.1. The summed E-state index contributed by atoms with van der Waals surface area (Å²) in [5.74, 6) is -0.445. The van der Waals surface area contributed by atoms with Gasteiger partial charge in [0.05, 0.1) is 29.4 Å². The van der Waals surface area contributed by atoms with Crippen molar-refractivity contribution >= 4 is 29.6 Å². The molecule has 1 aromatic carbocycles. The quantitative estimate of drug-likeness (QED) is 0.654. The van der Waals surface area contributed by atoms with Gasteiger partial charge < -0.3 is 10.2 Å². The van der Waals surface area contributed by atoms with Gasteiger partial charge in [-0.05, 0) is 18.4 Å². The van der Waals surface area contributed by atoms with Gasteiger partial charge in [0.15, 0.2) is 0 Å². The van der Waals surface area contributed by atoms with Crippen molar-refractivity contribution in [3.05, 3.63) is 35.9 Å². The summed E-state index contributed by atoms with van der Waals surface area (Å²) in [4.78, 5) is 40.7. The number of benzene rings is 1. The van der Waals surface area contributed by atoms with Crippen molar-refractivity contribution < 1.29 is 14.4 Å². The van der Waals surface area contributed by atoms with Gasteiger partial charge in [0.1, 0.15) is 0 Å². The number of carbonyl (C=O) groups is 3. The number of nitrogens with zero attached hydrogens (tertiary/aromatic N) is 2. The molecule has 0 bridgehead atoms. The third-order valence-electron chi connectivity index (χ3n) is 6.20. The van der Waals surface area contributed by atoms with E-state index < -0.39 is 12.1 Å². The molecular weight excluding hydrogens is 402 g/mol. The van der Waals surface area contributed by atoms with E-state index in [9.17, 15) is 14.4 Å². The van der Waals surface area contributed by atoms with E-state index in [-0.39, 0.29) is 41.2 Å².